The van der Waals surface area contributed by atoms with E-state index in [0.717, 1.165) is 25.7 Å². The van der Waals surface area contributed by atoms with Gasteiger partial charge in [-0.3, -0.25) is 9.69 Å². The van der Waals surface area contributed by atoms with Gasteiger partial charge in [-0.05, 0) is 36.6 Å². The van der Waals surface area contributed by atoms with E-state index in [9.17, 15) is 14.3 Å². The Morgan fingerprint density at radius 2 is 1.62 bits per heavy atom. The second kappa shape index (κ2) is 6.69. The maximum atomic E-state index is 13.3. The number of rotatable bonds is 3. The summed E-state index contributed by atoms with van der Waals surface area (Å²) in [5.74, 6) is -0.530. The van der Waals surface area contributed by atoms with E-state index in [-0.39, 0.29) is 17.8 Å². The quantitative estimate of drug-likeness (QED) is 0.899. The Morgan fingerprint density at radius 1 is 0.962 bits per heavy atom. The first-order valence-corrected chi connectivity index (χ1v) is 9.20. The molecule has 1 amide bonds. The van der Waals surface area contributed by atoms with E-state index in [1.54, 1.807) is 23.1 Å². The average molecular weight is 351 g/mol. The minimum absolute atomic E-state index is 0.00987. The van der Waals surface area contributed by atoms with Crippen LogP contribution < -0.4 is 0 Å². The molecule has 0 aromatic heterocycles. The van der Waals surface area contributed by atoms with Crippen LogP contribution in [0.2, 0.25) is 0 Å². The van der Waals surface area contributed by atoms with Gasteiger partial charge in [-0.15, -0.1) is 0 Å². The van der Waals surface area contributed by atoms with Crippen LogP contribution in [0.15, 0.2) is 60.7 Å². The molecule has 1 aliphatic carbocycles. The molecule has 0 bridgehead atoms. The summed E-state index contributed by atoms with van der Waals surface area (Å²) in [6, 6.07) is 15.2. The number of carbonyl (C=O) groups is 1. The third-order valence-corrected chi connectivity index (χ3v) is 5.46. The number of aliphatic hydroxyl groups is 1. The van der Waals surface area contributed by atoms with Gasteiger partial charge >= 0.3 is 0 Å². The predicted octanol–water partition coefficient (Wildman–Crippen LogP) is 4.23. The molecule has 1 unspecified atom stereocenters. The number of halogens is 1. The molecule has 134 valence electrons. The molecule has 1 fully saturated rings. The number of benzene rings is 2. The highest BCUT2D eigenvalue weighted by Gasteiger charge is 2.48. The highest BCUT2D eigenvalue weighted by Crippen LogP contribution is 2.43. The molecule has 0 saturated heterocycles. The molecule has 2 aromatic carbocycles. The minimum Gasteiger partial charge on any atom is -0.363 e. The monoisotopic (exact) mass is 351 g/mol. The SMILES string of the molecule is O=C1C(c2ccc(F)cc2)=CC(O)(c2ccccc2)N1C1CCCCC1. The lowest BCUT2D eigenvalue weighted by molar-refractivity contribution is -0.150. The number of nitrogens with zero attached hydrogens (tertiary/aromatic N) is 1. The molecule has 4 heteroatoms. The Hall–Kier alpha value is -2.46. The Bertz CT molecular complexity index is 825. The van der Waals surface area contributed by atoms with Crippen LogP contribution in [-0.2, 0) is 10.5 Å². The molecule has 3 nitrogen and oxygen atoms in total. The third kappa shape index (κ3) is 2.84. The van der Waals surface area contributed by atoms with Crippen LogP contribution in [-0.4, -0.2) is 22.0 Å². The molecule has 4 rings (SSSR count). The molecular weight excluding hydrogens is 329 g/mol. The third-order valence-electron chi connectivity index (χ3n) is 5.46. The summed E-state index contributed by atoms with van der Waals surface area (Å²) in [5.41, 5.74) is 0.270. The number of hydrogen-bond donors (Lipinski definition) is 1. The second-order valence-corrected chi connectivity index (χ2v) is 7.12. The van der Waals surface area contributed by atoms with Crippen LogP contribution >= 0.6 is 0 Å². The summed E-state index contributed by atoms with van der Waals surface area (Å²) in [7, 11) is 0. The molecule has 1 aliphatic heterocycles. The first kappa shape index (κ1) is 17.0. The van der Waals surface area contributed by atoms with Gasteiger partial charge in [0.15, 0.2) is 5.72 Å². The van der Waals surface area contributed by atoms with Crippen molar-refractivity contribution in [2.75, 3.05) is 0 Å². The zero-order valence-electron chi connectivity index (χ0n) is 14.6. The van der Waals surface area contributed by atoms with Crippen molar-refractivity contribution in [1.82, 2.24) is 4.90 Å². The van der Waals surface area contributed by atoms with Crippen LogP contribution in [0.5, 0.6) is 0 Å². The fourth-order valence-corrected chi connectivity index (χ4v) is 4.14. The van der Waals surface area contributed by atoms with E-state index < -0.39 is 5.72 Å². The Morgan fingerprint density at radius 3 is 2.27 bits per heavy atom. The molecule has 26 heavy (non-hydrogen) atoms. The fourth-order valence-electron chi connectivity index (χ4n) is 4.14. The molecule has 1 N–H and O–H groups in total. The maximum absolute atomic E-state index is 13.3. The van der Waals surface area contributed by atoms with Crippen molar-refractivity contribution in [2.45, 2.75) is 43.9 Å². The molecule has 0 radical (unpaired) electrons. The molecule has 2 aromatic rings. The zero-order chi connectivity index (χ0) is 18.1. The van der Waals surface area contributed by atoms with Gasteiger partial charge in [-0.25, -0.2) is 4.39 Å². The summed E-state index contributed by atoms with van der Waals surface area (Å²) in [5, 5.41) is 11.6. The van der Waals surface area contributed by atoms with Crippen molar-refractivity contribution >= 4 is 11.5 Å². The standard InChI is InChI=1S/C22H22FNO2/c23-18-13-11-16(12-14-18)20-15-22(26,17-7-3-1-4-8-17)24(21(20)25)19-9-5-2-6-10-19/h1,3-4,7-8,11-15,19,26H,2,5-6,9-10H2. The summed E-state index contributed by atoms with van der Waals surface area (Å²) in [4.78, 5) is 14.9. The van der Waals surface area contributed by atoms with Crippen molar-refractivity contribution in [3.05, 3.63) is 77.6 Å². The van der Waals surface area contributed by atoms with E-state index in [1.165, 1.54) is 18.6 Å². The first-order chi connectivity index (χ1) is 12.6. The summed E-state index contributed by atoms with van der Waals surface area (Å²) in [6.45, 7) is 0. The van der Waals surface area contributed by atoms with Crippen LogP contribution in [0.25, 0.3) is 5.57 Å². The highest BCUT2D eigenvalue weighted by atomic mass is 19.1. The van der Waals surface area contributed by atoms with E-state index in [1.807, 2.05) is 30.3 Å². The van der Waals surface area contributed by atoms with Crippen molar-refractivity contribution < 1.29 is 14.3 Å². The molecule has 1 saturated carbocycles. The van der Waals surface area contributed by atoms with E-state index >= 15 is 0 Å². The molecule has 0 spiro atoms. The highest BCUT2D eigenvalue weighted by molar-refractivity contribution is 6.22. The Labute approximate surface area is 152 Å². The fraction of sp³-hybridized carbons (Fsp3) is 0.318. The van der Waals surface area contributed by atoms with Crippen LogP contribution in [0, 0.1) is 5.82 Å². The minimum atomic E-state index is -1.47. The van der Waals surface area contributed by atoms with Gasteiger partial charge < -0.3 is 5.11 Å². The van der Waals surface area contributed by atoms with Crippen LogP contribution in [0.4, 0.5) is 4.39 Å². The van der Waals surface area contributed by atoms with E-state index in [4.69, 9.17) is 0 Å². The van der Waals surface area contributed by atoms with Crippen molar-refractivity contribution in [3.63, 3.8) is 0 Å². The lowest BCUT2D eigenvalue weighted by atomic mass is 9.91. The Kier molecular flexibility index (Phi) is 4.37. The molecule has 1 heterocycles. The van der Waals surface area contributed by atoms with Crippen LogP contribution in [0.1, 0.15) is 43.2 Å². The van der Waals surface area contributed by atoms with Gasteiger partial charge in [0, 0.05) is 17.2 Å². The summed E-state index contributed by atoms with van der Waals surface area (Å²) in [6.07, 6.45) is 6.71. The topological polar surface area (TPSA) is 40.5 Å². The van der Waals surface area contributed by atoms with E-state index in [2.05, 4.69) is 0 Å². The van der Waals surface area contributed by atoms with Crippen molar-refractivity contribution in [3.8, 4) is 0 Å². The Balaban J connectivity index is 1.80. The normalized spacial score (nSPS) is 24.0. The summed E-state index contributed by atoms with van der Waals surface area (Å²) < 4.78 is 13.3. The molecular formula is C22H22FNO2. The van der Waals surface area contributed by atoms with Gasteiger partial charge in [0.2, 0.25) is 0 Å². The second-order valence-electron chi connectivity index (χ2n) is 7.12. The van der Waals surface area contributed by atoms with Gasteiger partial charge in [-0.2, -0.15) is 0 Å². The first-order valence-electron chi connectivity index (χ1n) is 9.20. The smallest absolute Gasteiger partial charge is 0.257 e. The van der Waals surface area contributed by atoms with Gasteiger partial charge in [0.1, 0.15) is 5.82 Å². The molecule has 1 atom stereocenters. The number of hydrogen-bond acceptors (Lipinski definition) is 2. The van der Waals surface area contributed by atoms with Gasteiger partial charge in [0.25, 0.3) is 5.91 Å². The predicted molar refractivity (Wildman–Crippen MR) is 98.4 cm³/mol. The average Bonchev–Trinajstić information content (AvgIpc) is 2.96. The lowest BCUT2D eigenvalue weighted by Gasteiger charge is -2.41. The number of amides is 1. The van der Waals surface area contributed by atoms with Gasteiger partial charge in [0.05, 0.1) is 0 Å². The van der Waals surface area contributed by atoms with Crippen LogP contribution in [0.3, 0.4) is 0 Å². The largest absolute Gasteiger partial charge is 0.363 e. The number of carbonyl (C=O) groups excluding carboxylic acids is 1. The van der Waals surface area contributed by atoms with Crippen molar-refractivity contribution in [1.29, 1.82) is 0 Å². The lowest BCUT2D eigenvalue weighted by Crippen LogP contribution is -2.50. The van der Waals surface area contributed by atoms with Gasteiger partial charge in [-0.1, -0.05) is 61.7 Å². The maximum Gasteiger partial charge on any atom is 0.257 e. The van der Waals surface area contributed by atoms with Crippen molar-refractivity contribution in [2.24, 2.45) is 0 Å². The van der Waals surface area contributed by atoms with E-state index in [0.29, 0.717) is 16.7 Å². The summed E-state index contributed by atoms with van der Waals surface area (Å²) >= 11 is 0. The zero-order valence-corrected chi connectivity index (χ0v) is 14.6. The molecule has 2 aliphatic rings.